The average molecular weight is 360 g/mol. The number of rotatable bonds is 6. The van der Waals surface area contributed by atoms with Crippen molar-refractivity contribution >= 4 is 33.2 Å². The fourth-order valence-corrected chi connectivity index (χ4v) is 5.21. The number of hydrogen-bond donors (Lipinski definition) is 2. The molecule has 1 aromatic heterocycles. The third-order valence-electron chi connectivity index (χ3n) is 3.66. The quantitative estimate of drug-likeness (QED) is 0.791. The highest BCUT2D eigenvalue weighted by atomic mass is 32.2. The maximum Gasteiger partial charge on any atom is 0.345 e. The maximum absolute atomic E-state index is 12.4. The van der Waals surface area contributed by atoms with E-state index in [1.54, 1.807) is 6.07 Å². The fraction of sp³-hybridized carbons (Fsp3) is 0.571. The molecule has 1 saturated heterocycles. The van der Waals surface area contributed by atoms with Crippen molar-refractivity contribution in [3.63, 3.8) is 0 Å². The molecule has 1 aliphatic heterocycles. The van der Waals surface area contributed by atoms with E-state index in [1.165, 1.54) is 10.4 Å². The molecule has 0 bridgehead atoms. The summed E-state index contributed by atoms with van der Waals surface area (Å²) in [6.45, 7) is 4.17. The van der Waals surface area contributed by atoms with E-state index in [1.807, 2.05) is 13.8 Å². The predicted octanol–water partition coefficient (Wildman–Crippen LogP) is 1.12. The summed E-state index contributed by atoms with van der Waals surface area (Å²) < 4.78 is 25.4. The molecule has 2 N–H and O–H groups in total. The van der Waals surface area contributed by atoms with Gasteiger partial charge in [-0.1, -0.05) is 13.8 Å². The van der Waals surface area contributed by atoms with Crippen molar-refractivity contribution in [2.45, 2.75) is 32.9 Å². The summed E-state index contributed by atoms with van der Waals surface area (Å²) in [6, 6.07) is 2.39. The van der Waals surface area contributed by atoms with E-state index in [0.29, 0.717) is 17.8 Å². The van der Waals surface area contributed by atoms with Gasteiger partial charge in [0.05, 0.1) is 12.3 Å². The third kappa shape index (κ3) is 4.10. The van der Waals surface area contributed by atoms with Crippen molar-refractivity contribution in [3.8, 4) is 0 Å². The Morgan fingerprint density at radius 2 is 2.09 bits per heavy atom. The smallest absolute Gasteiger partial charge is 0.345 e. The number of aromatic carboxylic acids is 1. The van der Waals surface area contributed by atoms with Gasteiger partial charge in [-0.3, -0.25) is 4.79 Å². The Labute approximate surface area is 139 Å². The molecular weight excluding hydrogens is 340 g/mol. The Balaban J connectivity index is 2.05. The van der Waals surface area contributed by atoms with Gasteiger partial charge < -0.3 is 10.4 Å². The van der Waals surface area contributed by atoms with Crippen molar-refractivity contribution in [3.05, 3.63) is 21.9 Å². The van der Waals surface area contributed by atoms with Crippen LogP contribution in [0.1, 0.15) is 34.8 Å². The van der Waals surface area contributed by atoms with E-state index in [0.717, 1.165) is 11.3 Å². The summed E-state index contributed by atoms with van der Waals surface area (Å²) in [5, 5.41) is 11.6. The van der Waals surface area contributed by atoms with Crippen LogP contribution in [-0.4, -0.2) is 48.0 Å². The first-order valence-electron chi connectivity index (χ1n) is 7.31. The van der Waals surface area contributed by atoms with Crippen molar-refractivity contribution in [1.29, 1.82) is 0 Å². The van der Waals surface area contributed by atoms with Crippen LogP contribution in [0.25, 0.3) is 0 Å². The lowest BCUT2D eigenvalue weighted by Crippen LogP contribution is -2.50. The highest BCUT2D eigenvalue weighted by Gasteiger charge is 2.39. The van der Waals surface area contributed by atoms with Crippen molar-refractivity contribution in [2.24, 2.45) is 5.92 Å². The van der Waals surface area contributed by atoms with E-state index in [2.05, 4.69) is 5.32 Å². The van der Waals surface area contributed by atoms with E-state index < -0.39 is 22.0 Å². The zero-order chi connectivity index (χ0) is 17.2. The summed E-state index contributed by atoms with van der Waals surface area (Å²) in [5.74, 6) is -1.43. The number of hydrogen-bond acceptors (Lipinski definition) is 5. The first-order valence-corrected chi connectivity index (χ1v) is 9.74. The lowest BCUT2D eigenvalue weighted by molar-refractivity contribution is -0.126. The zero-order valence-corrected chi connectivity index (χ0v) is 14.6. The Morgan fingerprint density at radius 3 is 2.57 bits per heavy atom. The molecule has 1 amide bonds. The zero-order valence-electron chi connectivity index (χ0n) is 13.0. The Kier molecular flexibility index (Phi) is 5.43. The second-order valence-electron chi connectivity index (χ2n) is 5.76. The Bertz CT molecular complexity index is 696. The molecule has 0 spiro atoms. The Hall–Kier alpha value is -1.45. The minimum Gasteiger partial charge on any atom is -0.477 e. The van der Waals surface area contributed by atoms with Crippen molar-refractivity contribution in [2.75, 3.05) is 12.3 Å². The number of nitrogens with zero attached hydrogens (tertiary/aromatic N) is 1. The molecule has 0 aromatic carbocycles. The molecule has 1 aliphatic rings. The van der Waals surface area contributed by atoms with Gasteiger partial charge in [0, 0.05) is 11.4 Å². The first kappa shape index (κ1) is 17.9. The van der Waals surface area contributed by atoms with Crippen LogP contribution >= 0.6 is 11.3 Å². The third-order valence-corrected chi connectivity index (χ3v) is 6.66. The minimum atomic E-state index is -3.37. The molecule has 23 heavy (non-hydrogen) atoms. The molecular formula is C14H20N2O5S2. The summed E-state index contributed by atoms with van der Waals surface area (Å²) in [7, 11) is -3.37. The topological polar surface area (TPSA) is 104 Å². The molecule has 1 atom stereocenters. The highest BCUT2D eigenvalue weighted by Crippen LogP contribution is 2.22. The molecule has 2 heterocycles. The number of carboxylic acids is 1. The molecule has 9 heteroatoms. The van der Waals surface area contributed by atoms with Gasteiger partial charge in [0.2, 0.25) is 15.9 Å². The second-order valence-corrected chi connectivity index (χ2v) is 8.97. The number of carbonyl (C=O) groups is 2. The molecule has 0 saturated carbocycles. The van der Waals surface area contributed by atoms with Crippen LogP contribution < -0.4 is 5.32 Å². The van der Waals surface area contributed by atoms with Gasteiger partial charge in [-0.2, -0.15) is 4.31 Å². The minimum absolute atomic E-state index is 0.0798. The van der Waals surface area contributed by atoms with E-state index >= 15 is 0 Å². The summed E-state index contributed by atoms with van der Waals surface area (Å²) in [5.41, 5.74) is 0. The van der Waals surface area contributed by atoms with Gasteiger partial charge >= 0.3 is 5.97 Å². The monoisotopic (exact) mass is 360 g/mol. The van der Waals surface area contributed by atoms with Gasteiger partial charge in [-0.15, -0.1) is 11.3 Å². The average Bonchev–Trinajstić information content (AvgIpc) is 3.04. The maximum atomic E-state index is 12.4. The SMILES string of the molecule is CC(C)C(C(=O)NCc1ccc(C(=O)O)s1)N1CCCS1(=O)=O. The van der Waals surface area contributed by atoms with Crippen LogP contribution in [-0.2, 0) is 21.4 Å². The van der Waals surface area contributed by atoms with E-state index in [9.17, 15) is 18.0 Å². The highest BCUT2D eigenvalue weighted by molar-refractivity contribution is 7.89. The predicted molar refractivity (Wildman–Crippen MR) is 86.9 cm³/mol. The van der Waals surface area contributed by atoms with Gasteiger partial charge in [-0.25, -0.2) is 13.2 Å². The molecule has 0 aliphatic carbocycles. The number of carboxylic acid groups (broad SMARTS) is 1. The van der Waals surface area contributed by atoms with Crippen LogP contribution in [0.3, 0.4) is 0 Å². The first-order chi connectivity index (χ1) is 10.7. The molecule has 0 radical (unpaired) electrons. The van der Waals surface area contributed by atoms with Gasteiger partial charge in [0.15, 0.2) is 0 Å². The van der Waals surface area contributed by atoms with Crippen LogP contribution in [0.2, 0.25) is 0 Å². The van der Waals surface area contributed by atoms with Gasteiger partial charge in [0.25, 0.3) is 0 Å². The fourth-order valence-electron chi connectivity index (χ4n) is 2.60. The lowest BCUT2D eigenvalue weighted by Gasteiger charge is -2.28. The number of nitrogens with one attached hydrogen (secondary N) is 1. The van der Waals surface area contributed by atoms with Crippen LogP contribution in [0.5, 0.6) is 0 Å². The molecule has 1 unspecified atom stereocenters. The second kappa shape index (κ2) is 6.98. The van der Waals surface area contributed by atoms with Crippen molar-refractivity contribution < 1.29 is 23.1 Å². The summed E-state index contributed by atoms with van der Waals surface area (Å²) in [4.78, 5) is 24.2. The lowest BCUT2D eigenvalue weighted by atomic mass is 10.0. The van der Waals surface area contributed by atoms with Crippen molar-refractivity contribution in [1.82, 2.24) is 9.62 Å². The number of sulfonamides is 1. The number of carbonyl (C=O) groups excluding carboxylic acids is 1. The van der Waals surface area contributed by atoms with Crippen LogP contribution in [0.15, 0.2) is 12.1 Å². The largest absolute Gasteiger partial charge is 0.477 e. The normalized spacial score (nSPS) is 18.9. The molecule has 7 nitrogen and oxygen atoms in total. The van der Waals surface area contributed by atoms with E-state index in [-0.39, 0.29) is 29.0 Å². The van der Waals surface area contributed by atoms with Crippen LogP contribution in [0.4, 0.5) is 0 Å². The Morgan fingerprint density at radius 1 is 1.39 bits per heavy atom. The van der Waals surface area contributed by atoms with Gasteiger partial charge in [-0.05, 0) is 24.5 Å². The van der Waals surface area contributed by atoms with Gasteiger partial charge in [0.1, 0.15) is 10.9 Å². The van der Waals surface area contributed by atoms with Crippen LogP contribution in [0, 0.1) is 5.92 Å². The standard InChI is InChI=1S/C14H20N2O5S2/c1-9(2)12(16-6-3-7-23(16,20)21)13(17)15-8-10-4-5-11(22-10)14(18)19/h4-5,9,12H,3,6-8H2,1-2H3,(H,15,17)(H,18,19). The summed E-state index contributed by atoms with van der Waals surface area (Å²) >= 11 is 1.09. The summed E-state index contributed by atoms with van der Waals surface area (Å²) in [6.07, 6.45) is 0.533. The van der Waals surface area contributed by atoms with E-state index in [4.69, 9.17) is 5.11 Å². The molecule has 128 valence electrons. The molecule has 1 fully saturated rings. The molecule has 2 rings (SSSR count). The number of thiophene rings is 1. The number of amides is 1. The molecule has 1 aromatic rings.